The molecule has 0 radical (unpaired) electrons. The summed E-state index contributed by atoms with van der Waals surface area (Å²) in [6.07, 6.45) is 5.12. The number of hydrogen-bond donors (Lipinski definition) is 2. The molecule has 3 aromatic rings. The summed E-state index contributed by atoms with van der Waals surface area (Å²) < 4.78 is 1.68. The second-order valence-corrected chi connectivity index (χ2v) is 7.19. The highest BCUT2D eigenvalue weighted by Gasteiger charge is 2.12. The van der Waals surface area contributed by atoms with E-state index in [-0.39, 0.29) is 5.91 Å². The van der Waals surface area contributed by atoms with Crippen molar-refractivity contribution < 1.29 is 4.79 Å². The average molecular weight is 450 g/mol. The number of benzene rings is 2. The predicted octanol–water partition coefficient (Wildman–Crippen LogP) is 6.34. The third kappa shape index (κ3) is 8.22. The van der Waals surface area contributed by atoms with Gasteiger partial charge in [-0.05, 0) is 36.8 Å². The topological polar surface area (TPSA) is 71.8 Å². The molecule has 0 aliphatic carbocycles. The van der Waals surface area contributed by atoms with Crippen molar-refractivity contribution in [2.24, 2.45) is 0 Å². The summed E-state index contributed by atoms with van der Waals surface area (Å²) in [5, 5.41) is 14.5. The Morgan fingerprint density at radius 3 is 2.27 bits per heavy atom. The van der Waals surface area contributed by atoms with Gasteiger partial charge in [-0.15, -0.1) is 5.10 Å². The number of carbonyl (C=O) groups is 1. The number of rotatable bonds is 8. The number of amides is 1. The van der Waals surface area contributed by atoms with E-state index in [0.29, 0.717) is 17.8 Å². The monoisotopic (exact) mass is 449 g/mol. The van der Waals surface area contributed by atoms with Gasteiger partial charge in [-0.3, -0.25) is 4.79 Å². The molecule has 0 unspecified atom stereocenters. The highest BCUT2D eigenvalue weighted by molar-refractivity contribution is 5.94. The minimum atomic E-state index is -0.0590. The van der Waals surface area contributed by atoms with Crippen molar-refractivity contribution in [1.29, 1.82) is 0 Å². The van der Waals surface area contributed by atoms with Crippen LogP contribution in [0.3, 0.4) is 0 Å². The van der Waals surface area contributed by atoms with Gasteiger partial charge in [-0.2, -0.15) is 0 Å². The van der Waals surface area contributed by atoms with Crippen LogP contribution in [0.1, 0.15) is 75.5 Å². The van der Waals surface area contributed by atoms with Gasteiger partial charge in [0.1, 0.15) is 5.69 Å². The van der Waals surface area contributed by atoms with Gasteiger partial charge in [0.15, 0.2) is 0 Å². The fraction of sp³-hybridized carbons (Fsp3) is 0.370. The van der Waals surface area contributed by atoms with E-state index in [9.17, 15) is 4.79 Å². The summed E-state index contributed by atoms with van der Waals surface area (Å²) in [6, 6.07) is 15.2. The van der Waals surface area contributed by atoms with Crippen LogP contribution in [0.2, 0.25) is 0 Å². The largest absolute Gasteiger partial charge is 0.388 e. The summed E-state index contributed by atoms with van der Waals surface area (Å²) in [4.78, 5) is 12.1. The van der Waals surface area contributed by atoms with Crippen LogP contribution in [0, 0.1) is 0 Å². The molecule has 1 amide bonds. The molecule has 0 saturated carbocycles. The number of nitrogens with one attached hydrogen (secondary N) is 2. The van der Waals surface area contributed by atoms with Crippen molar-refractivity contribution in [2.75, 3.05) is 18.9 Å². The number of hydrogen-bond acceptors (Lipinski definition) is 4. The number of nitrogens with zero attached hydrogens (tertiary/aromatic N) is 3. The first-order chi connectivity index (χ1) is 16.0. The molecule has 0 spiro atoms. The smallest absolute Gasteiger partial charge is 0.251 e. The number of unbranched alkanes of at least 4 members (excludes halogenated alkanes) is 1. The number of aromatic nitrogens is 3. The van der Waals surface area contributed by atoms with Crippen molar-refractivity contribution in [1.82, 2.24) is 20.3 Å². The van der Waals surface area contributed by atoms with Gasteiger partial charge < -0.3 is 10.6 Å². The molecule has 33 heavy (non-hydrogen) atoms. The molecule has 1 heterocycles. The first-order valence-corrected chi connectivity index (χ1v) is 11.8. The van der Waals surface area contributed by atoms with E-state index >= 15 is 0 Å². The van der Waals surface area contributed by atoms with Gasteiger partial charge in [0.2, 0.25) is 0 Å². The Bertz CT molecular complexity index is 976. The van der Waals surface area contributed by atoms with Crippen molar-refractivity contribution in [2.45, 2.75) is 53.9 Å². The fourth-order valence-electron chi connectivity index (χ4n) is 2.88. The lowest BCUT2D eigenvalue weighted by Crippen LogP contribution is -2.24. The quantitative estimate of drug-likeness (QED) is 0.393. The van der Waals surface area contributed by atoms with Crippen molar-refractivity contribution in [3.63, 3.8) is 0 Å². The molecule has 2 N–H and O–H groups in total. The highest BCUT2D eigenvalue weighted by atomic mass is 16.1. The molecule has 6 heteroatoms. The molecule has 1 aromatic heterocycles. The predicted molar refractivity (Wildman–Crippen MR) is 140 cm³/mol. The average Bonchev–Trinajstić information content (AvgIpc) is 3.36. The van der Waals surface area contributed by atoms with Gasteiger partial charge in [0, 0.05) is 36.0 Å². The van der Waals surface area contributed by atoms with Gasteiger partial charge in [0.05, 0.1) is 11.9 Å². The highest BCUT2D eigenvalue weighted by Crippen LogP contribution is 2.26. The molecule has 0 saturated heterocycles. The van der Waals surface area contributed by atoms with Crippen LogP contribution in [-0.2, 0) is 0 Å². The minimum Gasteiger partial charge on any atom is -0.388 e. The lowest BCUT2D eigenvalue weighted by molar-refractivity contribution is 0.0953. The Balaban J connectivity index is 0.00000101. The van der Waals surface area contributed by atoms with E-state index in [1.54, 1.807) is 16.8 Å². The Kier molecular flexibility index (Phi) is 12.9. The molecule has 178 valence electrons. The molecule has 0 bridgehead atoms. The summed E-state index contributed by atoms with van der Waals surface area (Å²) in [6.45, 7) is 15.2. The molecular formula is C27H39N5O. The normalized spacial score (nSPS) is 9.64. The molecule has 2 aromatic carbocycles. The summed E-state index contributed by atoms with van der Waals surface area (Å²) in [5.41, 5.74) is 4.93. The van der Waals surface area contributed by atoms with Crippen LogP contribution in [0.15, 0.2) is 61.3 Å². The van der Waals surface area contributed by atoms with Crippen molar-refractivity contribution in [3.8, 4) is 5.69 Å². The lowest BCUT2D eigenvalue weighted by Gasteiger charge is -2.09. The second-order valence-electron chi connectivity index (χ2n) is 7.19. The van der Waals surface area contributed by atoms with Gasteiger partial charge in [-0.1, -0.05) is 77.5 Å². The number of carbonyl (C=O) groups excluding carboxylic acids is 1. The molecule has 0 aliphatic heterocycles. The molecule has 0 fully saturated rings. The van der Waals surface area contributed by atoms with Crippen LogP contribution in [-0.4, -0.2) is 34.5 Å². The zero-order valence-corrected chi connectivity index (χ0v) is 21.0. The first-order valence-electron chi connectivity index (χ1n) is 11.8. The first kappa shape index (κ1) is 27.6. The Labute approximate surface area is 199 Å². The lowest BCUT2D eigenvalue weighted by atomic mass is 10.0. The van der Waals surface area contributed by atoms with E-state index in [2.05, 4.69) is 48.3 Å². The van der Waals surface area contributed by atoms with Crippen molar-refractivity contribution >= 4 is 17.2 Å². The van der Waals surface area contributed by atoms with E-state index < -0.39 is 0 Å². The minimum absolute atomic E-state index is 0.0590. The molecular weight excluding hydrogens is 410 g/mol. The summed E-state index contributed by atoms with van der Waals surface area (Å²) >= 11 is 0. The number of para-hydroxylation sites is 1. The molecule has 3 rings (SSSR count). The van der Waals surface area contributed by atoms with Gasteiger partial charge >= 0.3 is 0 Å². The van der Waals surface area contributed by atoms with Crippen LogP contribution < -0.4 is 10.6 Å². The SMILES string of the molecule is C=C(c1cn(-c2ccc(C(=O)NCCCC)cc2)nn1)c1ccccc1NC.CC.CCC. The Morgan fingerprint density at radius 1 is 1.03 bits per heavy atom. The van der Waals surface area contributed by atoms with Gasteiger partial charge in [-0.25, -0.2) is 4.68 Å². The van der Waals surface area contributed by atoms with Crippen molar-refractivity contribution in [3.05, 3.63) is 78.1 Å². The van der Waals surface area contributed by atoms with E-state index in [4.69, 9.17) is 0 Å². The third-order valence-corrected chi connectivity index (χ3v) is 4.53. The zero-order chi connectivity index (χ0) is 24.6. The Morgan fingerprint density at radius 2 is 1.67 bits per heavy atom. The maximum Gasteiger partial charge on any atom is 0.251 e. The fourth-order valence-corrected chi connectivity index (χ4v) is 2.88. The second kappa shape index (κ2) is 15.4. The van der Waals surface area contributed by atoms with E-state index in [1.165, 1.54) is 6.42 Å². The van der Waals surface area contributed by atoms with E-state index in [0.717, 1.165) is 35.4 Å². The number of anilines is 1. The van der Waals surface area contributed by atoms with Crippen LogP contribution in [0.5, 0.6) is 0 Å². The molecule has 0 aliphatic rings. The van der Waals surface area contributed by atoms with Gasteiger partial charge in [0.25, 0.3) is 5.91 Å². The van der Waals surface area contributed by atoms with Crippen LogP contribution in [0.4, 0.5) is 5.69 Å². The summed E-state index contributed by atoms with van der Waals surface area (Å²) in [5.74, 6) is -0.0590. The molecule has 6 nitrogen and oxygen atoms in total. The Hall–Kier alpha value is -3.41. The maximum absolute atomic E-state index is 12.1. The standard InChI is InChI=1S/C22H25N5O.C3H8.C2H6/c1-4-5-14-24-22(28)17-10-12-18(13-11-17)27-15-21(25-26-27)16(2)19-8-6-7-9-20(19)23-3;1-3-2;1-2/h6-13,15,23H,2,4-5,14H2,1,3H3,(H,24,28);3H2,1-2H3;1-2H3. The maximum atomic E-state index is 12.1. The van der Waals surface area contributed by atoms with Crippen LogP contribution in [0.25, 0.3) is 11.3 Å². The molecule has 0 atom stereocenters. The summed E-state index contributed by atoms with van der Waals surface area (Å²) in [7, 11) is 1.88. The van der Waals surface area contributed by atoms with Crippen LogP contribution >= 0.6 is 0 Å². The zero-order valence-electron chi connectivity index (χ0n) is 21.0. The van der Waals surface area contributed by atoms with E-state index in [1.807, 2.05) is 63.5 Å². The third-order valence-electron chi connectivity index (χ3n) is 4.53.